The molecule has 1 N–H and O–H groups in total. The van der Waals surface area contributed by atoms with Crippen molar-refractivity contribution in [3.63, 3.8) is 0 Å². The predicted octanol–water partition coefficient (Wildman–Crippen LogP) is 2.15. The topological polar surface area (TPSA) is 49.7 Å². The number of aliphatic imine (C=N–C) groups is 1. The molecule has 1 aromatic carbocycles. The van der Waals surface area contributed by atoms with Gasteiger partial charge in [-0.2, -0.15) is 0 Å². The highest BCUT2D eigenvalue weighted by atomic mass is 16.3. The van der Waals surface area contributed by atoms with E-state index in [0.29, 0.717) is 18.2 Å². The molecule has 0 saturated carbocycles. The molecular weight excluding hydrogens is 190 g/mol. The normalized spacial score (nSPS) is 19.1. The Morgan fingerprint density at radius 2 is 2.40 bits per heavy atom. The average Bonchev–Trinajstić information content (AvgIpc) is 2.25. The molecule has 3 nitrogen and oxygen atoms in total. The van der Waals surface area contributed by atoms with Crippen molar-refractivity contribution < 1.29 is 9.90 Å². The number of aryl methyl sites for hydroxylation is 1. The van der Waals surface area contributed by atoms with Gasteiger partial charge in [0.25, 0.3) is 0 Å². The average molecular weight is 203 g/mol. The molecule has 0 fully saturated rings. The Bertz CT molecular complexity index is 408. The maximum absolute atomic E-state index is 10.1. The van der Waals surface area contributed by atoms with Crippen molar-refractivity contribution in [1.29, 1.82) is 0 Å². The van der Waals surface area contributed by atoms with Crippen molar-refractivity contribution in [2.45, 2.75) is 25.2 Å². The quantitative estimate of drug-likeness (QED) is 0.591. The second-order valence-corrected chi connectivity index (χ2v) is 3.90. The van der Waals surface area contributed by atoms with Gasteiger partial charge in [0.15, 0.2) is 0 Å². The number of hydrogen-bond donors (Lipinski definition) is 1. The highest BCUT2D eigenvalue weighted by molar-refractivity contribution is 5.39. The van der Waals surface area contributed by atoms with E-state index in [2.05, 4.69) is 4.99 Å². The van der Waals surface area contributed by atoms with Gasteiger partial charge >= 0.3 is 0 Å². The van der Waals surface area contributed by atoms with Gasteiger partial charge in [-0.05, 0) is 42.5 Å². The highest BCUT2D eigenvalue weighted by Crippen LogP contribution is 2.33. The zero-order chi connectivity index (χ0) is 10.7. The SMILES string of the molecule is O=C=NCC1CCCc2cc(O)ccc21. The van der Waals surface area contributed by atoms with E-state index < -0.39 is 0 Å². The van der Waals surface area contributed by atoms with Crippen LogP contribution in [0.3, 0.4) is 0 Å². The second-order valence-electron chi connectivity index (χ2n) is 3.90. The van der Waals surface area contributed by atoms with Crippen LogP contribution in [0.25, 0.3) is 0 Å². The minimum absolute atomic E-state index is 0.313. The summed E-state index contributed by atoms with van der Waals surface area (Å²) in [6, 6.07) is 5.45. The minimum atomic E-state index is 0.313. The summed E-state index contributed by atoms with van der Waals surface area (Å²) in [7, 11) is 0. The molecule has 0 aliphatic heterocycles. The van der Waals surface area contributed by atoms with Gasteiger partial charge in [-0.3, -0.25) is 0 Å². The lowest BCUT2D eigenvalue weighted by Gasteiger charge is -2.23. The molecule has 1 aliphatic carbocycles. The molecule has 2 rings (SSSR count). The van der Waals surface area contributed by atoms with E-state index in [1.807, 2.05) is 12.1 Å². The fraction of sp³-hybridized carbons (Fsp3) is 0.417. The lowest BCUT2D eigenvalue weighted by Crippen LogP contribution is -2.12. The second kappa shape index (κ2) is 4.28. The summed E-state index contributed by atoms with van der Waals surface area (Å²) in [5, 5.41) is 9.36. The summed E-state index contributed by atoms with van der Waals surface area (Å²) >= 11 is 0. The third-order valence-corrected chi connectivity index (χ3v) is 2.94. The third kappa shape index (κ3) is 2.08. The molecular formula is C12H13NO2. The molecule has 78 valence electrons. The van der Waals surface area contributed by atoms with Crippen molar-refractivity contribution in [2.24, 2.45) is 4.99 Å². The summed E-state index contributed by atoms with van der Waals surface area (Å²) in [5.74, 6) is 0.629. The van der Waals surface area contributed by atoms with Crippen LogP contribution >= 0.6 is 0 Å². The van der Waals surface area contributed by atoms with Crippen LogP contribution in [-0.2, 0) is 11.2 Å². The maximum atomic E-state index is 10.1. The molecule has 1 unspecified atom stereocenters. The van der Waals surface area contributed by atoms with Gasteiger partial charge in [0.05, 0.1) is 6.54 Å². The summed E-state index contributed by atoms with van der Waals surface area (Å²) in [5.41, 5.74) is 2.41. The first-order chi connectivity index (χ1) is 7.31. The fourth-order valence-electron chi connectivity index (χ4n) is 2.24. The Morgan fingerprint density at radius 1 is 1.53 bits per heavy atom. The third-order valence-electron chi connectivity index (χ3n) is 2.94. The Hall–Kier alpha value is -1.60. The summed E-state index contributed by atoms with van der Waals surface area (Å²) in [6.45, 7) is 0.515. The van der Waals surface area contributed by atoms with Crippen LogP contribution in [0, 0.1) is 0 Å². The number of isocyanates is 1. The Kier molecular flexibility index (Phi) is 2.84. The van der Waals surface area contributed by atoms with Gasteiger partial charge in [-0.1, -0.05) is 6.07 Å². The van der Waals surface area contributed by atoms with Gasteiger partial charge in [0, 0.05) is 5.92 Å². The van der Waals surface area contributed by atoms with Gasteiger partial charge < -0.3 is 5.11 Å². The number of aromatic hydroxyl groups is 1. The molecule has 1 atom stereocenters. The minimum Gasteiger partial charge on any atom is -0.508 e. The van der Waals surface area contributed by atoms with Crippen LogP contribution in [-0.4, -0.2) is 17.7 Å². The van der Waals surface area contributed by atoms with E-state index in [9.17, 15) is 9.90 Å². The number of phenolic OH excluding ortho intramolecular Hbond substituents is 1. The first-order valence-corrected chi connectivity index (χ1v) is 5.16. The van der Waals surface area contributed by atoms with Crippen molar-refractivity contribution in [3.8, 4) is 5.75 Å². The first-order valence-electron chi connectivity index (χ1n) is 5.16. The molecule has 3 heteroatoms. The molecule has 0 spiro atoms. The Labute approximate surface area is 88.5 Å². The van der Waals surface area contributed by atoms with Crippen molar-refractivity contribution >= 4 is 6.08 Å². The van der Waals surface area contributed by atoms with Crippen LogP contribution < -0.4 is 0 Å². The van der Waals surface area contributed by atoms with Crippen LogP contribution in [0.2, 0.25) is 0 Å². The molecule has 15 heavy (non-hydrogen) atoms. The molecule has 1 aromatic rings. The monoisotopic (exact) mass is 203 g/mol. The predicted molar refractivity (Wildman–Crippen MR) is 56.8 cm³/mol. The molecule has 1 aliphatic rings. The van der Waals surface area contributed by atoms with Gasteiger partial charge in [-0.15, -0.1) is 0 Å². The van der Waals surface area contributed by atoms with E-state index in [0.717, 1.165) is 19.3 Å². The number of nitrogens with zero attached hydrogens (tertiary/aromatic N) is 1. The summed E-state index contributed by atoms with van der Waals surface area (Å²) in [6.07, 6.45) is 4.74. The van der Waals surface area contributed by atoms with Crippen LogP contribution in [0.1, 0.15) is 29.9 Å². The van der Waals surface area contributed by atoms with E-state index in [1.54, 1.807) is 12.1 Å². The molecule has 0 radical (unpaired) electrons. The van der Waals surface area contributed by atoms with E-state index in [4.69, 9.17) is 0 Å². The van der Waals surface area contributed by atoms with E-state index >= 15 is 0 Å². The smallest absolute Gasteiger partial charge is 0.234 e. The number of phenols is 1. The summed E-state index contributed by atoms with van der Waals surface area (Å²) < 4.78 is 0. The first kappa shape index (κ1) is 9.94. The number of fused-ring (bicyclic) bond motifs is 1. The summed E-state index contributed by atoms with van der Waals surface area (Å²) in [4.78, 5) is 13.7. The maximum Gasteiger partial charge on any atom is 0.234 e. The number of hydrogen-bond acceptors (Lipinski definition) is 3. The molecule has 0 bridgehead atoms. The zero-order valence-corrected chi connectivity index (χ0v) is 8.44. The van der Waals surface area contributed by atoms with Crippen molar-refractivity contribution in [2.75, 3.05) is 6.54 Å². The van der Waals surface area contributed by atoms with Crippen LogP contribution in [0.4, 0.5) is 0 Å². The van der Waals surface area contributed by atoms with Gasteiger partial charge in [0.2, 0.25) is 6.08 Å². The standard InChI is InChI=1S/C12H13NO2/c14-8-13-7-10-3-1-2-9-6-11(15)4-5-12(9)10/h4-6,10,15H,1-3,7H2. The lowest BCUT2D eigenvalue weighted by atomic mass is 9.83. The fourth-order valence-corrected chi connectivity index (χ4v) is 2.24. The molecule has 0 amide bonds. The number of carbonyl (C=O) groups excluding carboxylic acids is 1. The van der Waals surface area contributed by atoms with E-state index in [-0.39, 0.29) is 0 Å². The molecule has 0 saturated heterocycles. The van der Waals surface area contributed by atoms with Crippen molar-refractivity contribution in [3.05, 3.63) is 29.3 Å². The van der Waals surface area contributed by atoms with E-state index in [1.165, 1.54) is 11.1 Å². The molecule has 0 heterocycles. The van der Waals surface area contributed by atoms with Crippen LogP contribution in [0.5, 0.6) is 5.75 Å². The zero-order valence-electron chi connectivity index (χ0n) is 8.44. The van der Waals surface area contributed by atoms with Gasteiger partial charge in [-0.25, -0.2) is 9.79 Å². The number of benzene rings is 1. The highest BCUT2D eigenvalue weighted by Gasteiger charge is 2.19. The number of rotatable bonds is 2. The van der Waals surface area contributed by atoms with Gasteiger partial charge in [0.1, 0.15) is 5.75 Å². The Balaban J connectivity index is 2.29. The molecule has 0 aromatic heterocycles. The largest absolute Gasteiger partial charge is 0.508 e. The Morgan fingerprint density at radius 3 is 3.20 bits per heavy atom. The van der Waals surface area contributed by atoms with Crippen LogP contribution in [0.15, 0.2) is 23.2 Å². The lowest BCUT2D eigenvalue weighted by molar-refractivity contribution is 0.471. The van der Waals surface area contributed by atoms with Crippen molar-refractivity contribution in [1.82, 2.24) is 0 Å².